The minimum atomic E-state index is -1.04. The second-order valence-electron chi connectivity index (χ2n) is 6.16. The van der Waals surface area contributed by atoms with E-state index in [2.05, 4.69) is 0 Å². The number of phenols is 1. The quantitative estimate of drug-likeness (QED) is 0.903. The van der Waals surface area contributed by atoms with Crippen molar-refractivity contribution in [2.75, 3.05) is 13.1 Å². The number of rotatable bonds is 4. The average Bonchev–Trinajstić information content (AvgIpc) is 3.05. The zero-order valence-corrected chi connectivity index (χ0v) is 13.2. The molecule has 0 aliphatic carbocycles. The highest BCUT2D eigenvalue weighted by molar-refractivity contribution is 5.85. The summed E-state index contributed by atoms with van der Waals surface area (Å²) in [7, 11) is 0. The van der Waals surface area contributed by atoms with Crippen LogP contribution < -0.4 is 0 Å². The van der Waals surface area contributed by atoms with Gasteiger partial charge in [0.2, 0.25) is 5.91 Å². The van der Waals surface area contributed by atoms with Crippen LogP contribution in [-0.2, 0) is 21.4 Å². The summed E-state index contributed by atoms with van der Waals surface area (Å²) in [5, 5.41) is 19.1. The molecule has 5 nitrogen and oxygen atoms in total. The molecule has 1 amide bonds. The van der Waals surface area contributed by atoms with Crippen LogP contribution in [-0.4, -0.2) is 40.1 Å². The van der Waals surface area contributed by atoms with Crippen LogP contribution in [0, 0.1) is 0 Å². The van der Waals surface area contributed by atoms with Gasteiger partial charge in [-0.2, -0.15) is 0 Å². The van der Waals surface area contributed by atoms with E-state index in [1.165, 1.54) is 12.1 Å². The Bertz CT molecular complexity index is 742. The summed E-state index contributed by atoms with van der Waals surface area (Å²) in [6.07, 6.45) is 0.610. The monoisotopic (exact) mass is 325 g/mol. The van der Waals surface area contributed by atoms with Crippen LogP contribution in [0.2, 0.25) is 0 Å². The molecule has 5 heteroatoms. The van der Waals surface area contributed by atoms with Crippen LogP contribution in [0.4, 0.5) is 0 Å². The number of carboxylic acid groups (broad SMARTS) is 1. The first-order valence-corrected chi connectivity index (χ1v) is 7.86. The number of hydrogen-bond donors (Lipinski definition) is 2. The van der Waals surface area contributed by atoms with E-state index in [4.69, 9.17) is 0 Å². The second kappa shape index (κ2) is 6.35. The van der Waals surface area contributed by atoms with Crippen LogP contribution in [0.25, 0.3) is 0 Å². The van der Waals surface area contributed by atoms with E-state index in [1.807, 2.05) is 30.3 Å². The Balaban J connectivity index is 1.76. The van der Waals surface area contributed by atoms with Gasteiger partial charge in [-0.15, -0.1) is 0 Å². The van der Waals surface area contributed by atoms with Crippen molar-refractivity contribution in [3.63, 3.8) is 0 Å². The number of aromatic hydroxyl groups is 1. The number of phenolic OH excluding ortho intramolecular Hbond substituents is 1. The van der Waals surface area contributed by atoms with Gasteiger partial charge in [0.15, 0.2) is 0 Å². The third-order valence-corrected chi connectivity index (χ3v) is 4.65. The number of carbonyl (C=O) groups excluding carboxylic acids is 1. The van der Waals surface area contributed by atoms with Gasteiger partial charge in [0, 0.05) is 13.1 Å². The Labute approximate surface area is 140 Å². The van der Waals surface area contributed by atoms with Crippen molar-refractivity contribution < 1.29 is 19.8 Å². The molecular formula is C19H19NO4. The highest BCUT2D eigenvalue weighted by Crippen LogP contribution is 2.35. The standard InChI is InChI=1S/C19H19NO4/c21-16-8-6-14(7-9-16)12-17(22)20-11-10-19(13-20,18(23)24)15-4-2-1-3-5-15/h1-9,21H,10-13H2,(H,23,24). The maximum atomic E-state index is 12.5. The maximum Gasteiger partial charge on any atom is 0.316 e. The molecule has 1 unspecified atom stereocenters. The zero-order valence-electron chi connectivity index (χ0n) is 13.2. The molecule has 1 atom stereocenters. The van der Waals surface area contributed by atoms with Crippen LogP contribution >= 0.6 is 0 Å². The lowest BCUT2D eigenvalue weighted by molar-refractivity contribution is -0.143. The van der Waals surface area contributed by atoms with Gasteiger partial charge in [-0.05, 0) is 29.7 Å². The topological polar surface area (TPSA) is 77.8 Å². The molecule has 1 aliphatic rings. The highest BCUT2D eigenvalue weighted by Gasteiger charge is 2.47. The van der Waals surface area contributed by atoms with E-state index in [0.717, 1.165) is 11.1 Å². The lowest BCUT2D eigenvalue weighted by atomic mass is 9.80. The van der Waals surface area contributed by atoms with Crippen molar-refractivity contribution in [1.82, 2.24) is 4.90 Å². The summed E-state index contributed by atoms with van der Waals surface area (Å²) in [5.74, 6) is -0.838. The molecule has 1 heterocycles. The minimum absolute atomic E-state index is 0.0975. The van der Waals surface area contributed by atoms with Gasteiger partial charge in [-0.3, -0.25) is 9.59 Å². The van der Waals surface area contributed by atoms with Gasteiger partial charge in [-0.1, -0.05) is 42.5 Å². The van der Waals surface area contributed by atoms with Gasteiger partial charge in [0.25, 0.3) is 0 Å². The van der Waals surface area contributed by atoms with Crippen LogP contribution in [0.1, 0.15) is 17.5 Å². The van der Waals surface area contributed by atoms with Crippen molar-refractivity contribution in [3.05, 3.63) is 65.7 Å². The second-order valence-corrected chi connectivity index (χ2v) is 6.16. The maximum absolute atomic E-state index is 12.5. The van der Waals surface area contributed by atoms with Crippen LogP contribution in [0.5, 0.6) is 5.75 Å². The van der Waals surface area contributed by atoms with Crippen molar-refractivity contribution in [2.45, 2.75) is 18.3 Å². The number of likely N-dealkylation sites (tertiary alicyclic amines) is 1. The van der Waals surface area contributed by atoms with Crippen LogP contribution in [0.3, 0.4) is 0 Å². The Morgan fingerprint density at radius 1 is 1.04 bits per heavy atom. The molecule has 1 aliphatic heterocycles. The molecule has 3 rings (SSSR count). The van der Waals surface area contributed by atoms with Gasteiger partial charge in [-0.25, -0.2) is 0 Å². The molecule has 2 aromatic rings. The first-order valence-electron chi connectivity index (χ1n) is 7.86. The molecule has 124 valence electrons. The molecule has 1 saturated heterocycles. The zero-order chi connectivity index (χ0) is 17.2. The Morgan fingerprint density at radius 3 is 2.33 bits per heavy atom. The summed E-state index contributed by atoms with van der Waals surface area (Å²) < 4.78 is 0. The lowest BCUT2D eigenvalue weighted by Crippen LogP contribution is -2.40. The van der Waals surface area contributed by atoms with E-state index in [-0.39, 0.29) is 24.6 Å². The van der Waals surface area contributed by atoms with Gasteiger partial charge < -0.3 is 15.1 Å². The number of amides is 1. The fourth-order valence-corrected chi connectivity index (χ4v) is 3.21. The molecule has 0 aromatic heterocycles. The average molecular weight is 325 g/mol. The SMILES string of the molecule is O=C(Cc1ccc(O)cc1)N1CCC(C(=O)O)(c2ccccc2)C1. The molecule has 0 spiro atoms. The van der Waals surface area contributed by atoms with Crippen molar-refractivity contribution in [3.8, 4) is 5.75 Å². The number of aliphatic carboxylic acids is 1. The van der Waals surface area contributed by atoms with Crippen molar-refractivity contribution >= 4 is 11.9 Å². The fraction of sp³-hybridized carbons (Fsp3) is 0.263. The summed E-state index contributed by atoms with van der Waals surface area (Å²) in [5.41, 5.74) is 0.495. The summed E-state index contributed by atoms with van der Waals surface area (Å²) in [6.45, 7) is 0.612. The smallest absolute Gasteiger partial charge is 0.316 e. The fourth-order valence-electron chi connectivity index (χ4n) is 3.21. The predicted octanol–water partition coefficient (Wildman–Crippen LogP) is 2.19. The van der Waals surface area contributed by atoms with Gasteiger partial charge >= 0.3 is 5.97 Å². The number of benzene rings is 2. The van der Waals surface area contributed by atoms with Crippen molar-refractivity contribution in [2.24, 2.45) is 0 Å². The molecular weight excluding hydrogens is 306 g/mol. The Hall–Kier alpha value is -2.82. The van der Waals surface area contributed by atoms with Crippen molar-refractivity contribution in [1.29, 1.82) is 0 Å². The lowest BCUT2D eigenvalue weighted by Gasteiger charge is -2.25. The first-order chi connectivity index (χ1) is 11.5. The summed E-state index contributed by atoms with van der Waals surface area (Å²) in [6, 6.07) is 15.6. The van der Waals surface area contributed by atoms with E-state index < -0.39 is 11.4 Å². The number of hydrogen-bond acceptors (Lipinski definition) is 3. The van der Waals surface area contributed by atoms with Gasteiger partial charge in [0.1, 0.15) is 11.2 Å². The number of carbonyl (C=O) groups is 2. The molecule has 1 fully saturated rings. The molecule has 2 N–H and O–H groups in total. The Kier molecular flexibility index (Phi) is 4.25. The first kappa shape index (κ1) is 16.1. The minimum Gasteiger partial charge on any atom is -0.508 e. The third kappa shape index (κ3) is 2.97. The third-order valence-electron chi connectivity index (χ3n) is 4.65. The van der Waals surface area contributed by atoms with Crippen LogP contribution in [0.15, 0.2) is 54.6 Å². The normalized spacial score (nSPS) is 20.1. The van der Waals surface area contributed by atoms with E-state index in [9.17, 15) is 19.8 Å². The molecule has 24 heavy (non-hydrogen) atoms. The summed E-state index contributed by atoms with van der Waals surface area (Å²) in [4.78, 5) is 26.1. The largest absolute Gasteiger partial charge is 0.508 e. The summed E-state index contributed by atoms with van der Waals surface area (Å²) >= 11 is 0. The van der Waals surface area contributed by atoms with E-state index >= 15 is 0 Å². The highest BCUT2D eigenvalue weighted by atomic mass is 16.4. The number of carboxylic acids is 1. The van der Waals surface area contributed by atoms with Gasteiger partial charge in [0.05, 0.1) is 6.42 Å². The number of nitrogens with zero attached hydrogens (tertiary/aromatic N) is 1. The van der Waals surface area contributed by atoms with E-state index in [0.29, 0.717) is 13.0 Å². The Morgan fingerprint density at radius 2 is 1.71 bits per heavy atom. The molecule has 2 aromatic carbocycles. The molecule has 0 bridgehead atoms. The molecule has 0 radical (unpaired) electrons. The molecule has 0 saturated carbocycles. The van der Waals surface area contributed by atoms with E-state index in [1.54, 1.807) is 17.0 Å². The predicted molar refractivity (Wildman–Crippen MR) is 88.8 cm³/mol.